The van der Waals surface area contributed by atoms with Gasteiger partial charge in [0.1, 0.15) is 0 Å². The topological polar surface area (TPSA) is 120 Å². The van der Waals surface area contributed by atoms with Crippen molar-refractivity contribution in [2.24, 2.45) is 0 Å². The van der Waals surface area contributed by atoms with Crippen LogP contribution in [-0.2, 0) is 14.4 Å². The number of unbranched alkanes of at least 4 members (excludes halogenated alkanes) is 40. The highest BCUT2D eigenvalue weighted by Gasteiger charge is 1.97. The molecule has 0 radical (unpaired) electrons. The molecule has 6 heteroatoms. The van der Waals surface area contributed by atoms with E-state index in [0.29, 0.717) is 0 Å². The van der Waals surface area contributed by atoms with Crippen LogP contribution in [-0.4, -0.2) is 17.9 Å². The van der Waals surface area contributed by atoms with Crippen molar-refractivity contribution in [3.63, 3.8) is 0 Å². The Morgan fingerprint density at radius 3 is 0.414 bits per heavy atom. The van der Waals surface area contributed by atoms with Crippen LogP contribution in [0.15, 0.2) is 0 Å². The molecule has 0 atom stereocenters. The molecule has 0 spiro atoms. The molecule has 0 saturated carbocycles. The zero-order chi connectivity index (χ0) is 43.3. The van der Waals surface area contributed by atoms with E-state index < -0.39 is 17.9 Å². The number of carboxylic acids is 3. The van der Waals surface area contributed by atoms with Gasteiger partial charge in [0, 0.05) is 17.9 Å². The Balaban J connectivity index is -0.000000784. The van der Waals surface area contributed by atoms with Gasteiger partial charge in [-0.3, -0.25) is 0 Å². The average molecular weight is 822 g/mol. The van der Waals surface area contributed by atoms with E-state index in [1.54, 1.807) is 0 Å². The lowest BCUT2D eigenvalue weighted by atomic mass is 10.0. The smallest absolute Gasteiger partial charge is 0.0414 e. The van der Waals surface area contributed by atoms with Gasteiger partial charge < -0.3 is 29.7 Å². The molecule has 0 fully saturated rings. The van der Waals surface area contributed by atoms with Gasteiger partial charge in [-0.15, -0.1) is 0 Å². The number of aliphatic carboxylic acids is 3. The molecule has 0 amide bonds. The fraction of sp³-hybridized carbons (Fsp3) is 0.942. The van der Waals surface area contributed by atoms with Crippen molar-refractivity contribution in [2.75, 3.05) is 0 Å². The Morgan fingerprint density at radius 2 is 0.310 bits per heavy atom. The number of carboxylic acid groups (broad SMARTS) is 3. The summed E-state index contributed by atoms with van der Waals surface area (Å²) in [5, 5.41) is 30.6. The van der Waals surface area contributed by atoms with Crippen molar-refractivity contribution in [2.45, 2.75) is 316 Å². The Morgan fingerprint density at radius 1 is 0.207 bits per heavy atom. The fourth-order valence-electron chi connectivity index (χ4n) is 7.57. The van der Waals surface area contributed by atoms with E-state index in [9.17, 15) is 29.7 Å². The zero-order valence-corrected chi connectivity index (χ0v) is 39.5. The molecule has 0 saturated heterocycles. The van der Waals surface area contributed by atoms with Crippen LogP contribution in [0.5, 0.6) is 0 Å². The third-order valence-corrected chi connectivity index (χ3v) is 11.5. The number of rotatable bonds is 46. The molecule has 0 aromatic heterocycles. The number of carbonyl (C=O) groups is 3. The van der Waals surface area contributed by atoms with Crippen LogP contribution in [0.2, 0.25) is 0 Å². The Kier molecular flexibility index (Phi) is 60.2. The van der Waals surface area contributed by atoms with E-state index in [2.05, 4.69) is 20.8 Å². The molecule has 348 valence electrons. The highest BCUT2D eigenvalue weighted by atomic mass is 16.4. The second kappa shape index (κ2) is 57.5. The van der Waals surface area contributed by atoms with Gasteiger partial charge in [0.25, 0.3) is 0 Å². The van der Waals surface area contributed by atoms with E-state index in [-0.39, 0.29) is 19.3 Å². The number of hydrogen-bond donors (Lipinski definition) is 0. The minimum atomic E-state index is -0.905. The van der Waals surface area contributed by atoms with Crippen LogP contribution in [0.4, 0.5) is 0 Å². The van der Waals surface area contributed by atoms with Gasteiger partial charge in [0.2, 0.25) is 0 Å². The predicted octanol–water partition coefficient (Wildman–Crippen LogP) is 14.2. The van der Waals surface area contributed by atoms with E-state index in [1.165, 1.54) is 238 Å². The first-order chi connectivity index (χ1) is 28.3. The molecular weight excluding hydrogens is 721 g/mol. The average Bonchev–Trinajstić information content (AvgIpc) is 3.20. The van der Waals surface area contributed by atoms with Crippen molar-refractivity contribution in [3.8, 4) is 0 Å². The van der Waals surface area contributed by atoms with Crippen molar-refractivity contribution in [1.29, 1.82) is 0 Å². The summed E-state index contributed by atoms with van der Waals surface area (Å²) >= 11 is 0. The number of carbonyl (C=O) groups excluding carboxylic acids is 3. The predicted molar refractivity (Wildman–Crippen MR) is 244 cm³/mol. The third kappa shape index (κ3) is 69.1. The second-order valence-corrected chi connectivity index (χ2v) is 17.5. The summed E-state index contributed by atoms with van der Waals surface area (Å²) in [5.41, 5.74) is 0. The molecule has 0 aromatic carbocycles. The molecule has 0 aliphatic rings. The minimum Gasteiger partial charge on any atom is -0.550 e. The quantitative estimate of drug-likeness (QED) is 0.0564. The molecule has 0 rings (SSSR count). The van der Waals surface area contributed by atoms with Crippen LogP contribution < -0.4 is 15.3 Å². The lowest BCUT2D eigenvalue weighted by molar-refractivity contribution is -0.307. The third-order valence-electron chi connectivity index (χ3n) is 11.5. The van der Waals surface area contributed by atoms with Gasteiger partial charge in [-0.05, 0) is 38.5 Å². The van der Waals surface area contributed by atoms with Crippen molar-refractivity contribution < 1.29 is 29.7 Å². The summed E-state index contributed by atoms with van der Waals surface area (Å²) in [5.74, 6) is -2.71. The van der Waals surface area contributed by atoms with Gasteiger partial charge in [-0.1, -0.05) is 278 Å². The van der Waals surface area contributed by atoms with Gasteiger partial charge >= 0.3 is 0 Å². The van der Waals surface area contributed by atoms with Crippen LogP contribution in [0.3, 0.4) is 0 Å². The van der Waals surface area contributed by atoms with Crippen LogP contribution in [0.25, 0.3) is 0 Å². The lowest BCUT2D eigenvalue weighted by Gasteiger charge is -2.04. The fourth-order valence-corrected chi connectivity index (χ4v) is 7.57. The van der Waals surface area contributed by atoms with E-state index in [4.69, 9.17) is 0 Å². The summed E-state index contributed by atoms with van der Waals surface area (Å²) in [7, 11) is 0. The molecular formula is C52H101O6-3. The highest BCUT2D eigenvalue weighted by Crippen LogP contribution is 2.16. The van der Waals surface area contributed by atoms with E-state index in [1.807, 2.05) is 0 Å². The standard InChI is InChI=1S/2C18H36O2.C16H32O2/c2*1-2-3-4-5-6-7-8-9-10-11-12-13-14-15-16-17-18(19)20;1-2-3-4-5-6-7-8-9-10-11-12-13-14-15-16(17)18/h2*2-17H2,1H3,(H,19,20);2-15H2,1H3,(H,17,18)/p-3. The number of hydrogen-bond acceptors (Lipinski definition) is 6. The Hall–Kier alpha value is -1.59. The largest absolute Gasteiger partial charge is 0.550 e. The van der Waals surface area contributed by atoms with E-state index in [0.717, 1.165) is 38.5 Å². The maximum absolute atomic E-state index is 10.2. The minimum absolute atomic E-state index is 0.234. The van der Waals surface area contributed by atoms with E-state index >= 15 is 0 Å². The first-order valence-corrected chi connectivity index (χ1v) is 25.9. The van der Waals surface area contributed by atoms with Crippen LogP contribution in [0, 0.1) is 0 Å². The Bertz CT molecular complexity index is 740. The van der Waals surface area contributed by atoms with Gasteiger partial charge in [-0.2, -0.15) is 0 Å². The van der Waals surface area contributed by atoms with Crippen LogP contribution in [0.1, 0.15) is 316 Å². The molecule has 0 N–H and O–H groups in total. The maximum Gasteiger partial charge on any atom is 0.0414 e. The SMILES string of the molecule is CCCCCCCCCCCCCCCC(=O)[O-].CCCCCCCCCCCCCCCCCC(=O)[O-].CCCCCCCCCCCCCCCCCC(=O)[O-]. The van der Waals surface area contributed by atoms with Crippen molar-refractivity contribution in [1.82, 2.24) is 0 Å². The normalized spacial score (nSPS) is 10.8. The van der Waals surface area contributed by atoms with Gasteiger partial charge in [0.05, 0.1) is 0 Å². The summed E-state index contributed by atoms with van der Waals surface area (Å²) in [4.78, 5) is 30.6. The lowest BCUT2D eigenvalue weighted by Crippen LogP contribution is -2.21. The molecule has 58 heavy (non-hydrogen) atoms. The Labute approximate surface area is 362 Å². The highest BCUT2D eigenvalue weighted by molar-refractivity contribution is 5.64. The van der Waals surface area contributed by atoms with Crippen molar-refractivity contribution in [3.05, 3.63) is 0 Å². The van der Waals surface area contributed by atoms with Gasteiger partial charge in [0.15, 0.2) is 0 Å². The molecule has 0 heterocycles. The van der Waals surface area contributed by atoms with Gasteiger partial charge in [-0.25, -0.2) is 0 Å². The summed E-state index contributed by atoms with van der Waals surface area (Å²) in [6, 6.07) is 0. The molecule has 0 bridgehead atoms. The molecule has 0 aliphatic carbocycles. The molecule has 0 aliphatic heterocycles. The molecule has 0 aromatic rings. The summed E-state index contributed by atoms with van der Waals surface area (Å²) in [6.45, 7) is 6.79. The first kappa shape index (κ1) is 60.7. The monoisotopic (exact) mass is 822 g/mol. The van der Waals surface area contributed by atoms with Crippen LogP contribution >= 0.6 is 0 Å². The molecule has 6 nitrogen and oxygen atoms in total. The molecule has 0 unspecified atom stereocenters. The van der Waals surface area contributed by atoms with Crippen molar-refractivity contribution >= 4 is 17.9 Å². The second-order valence-electron chi connectivity index (χ2n) is 17.5. The summed E-state index contributed by atoms with van der Waals surface area (Å²) in [6.07, 6.45) is 56.7. The first-order valence-electron chi connectivity index (χ1n) is 25.9. The summed E-state index contributed by atoms with van der Waals surface area (Å²) < 4.78 is 0. The maximum atomic E-state index is 10.2. The zero-order valence-electron chi connectivity index (χ0n) is 39.5.